The number of tetrazole rings is 1. The van der Waals surface area contributed by atoms with Crippen molar-refractivity contribution in [3.63, 3.8) is 0 Å². The van der Waals surface area contributed by atoms with E-state index < -0.39 is 6.04 Å². The lowest BCUT2D eigenvalue weighted by Gasteiger charge is -2.19. The zero-order valence-electron chi connectivity index (χ0n) is 20.7. The van der Waals surface area contributed by atoms with E-state index >= 15 is 0 Å². The van der Waals surface area contributed by atoms with Crippen molar-refractivity contribution in [3.05, 3.63) is 136 Å². The molecule has 0 saturated heterocycles. The minimum Gasteiger partial charge on any atom is -0.340 e. The molecule has 0 bridgehead atoms. The first-order valence-corrected chi connectivity index (χ1v) is 12.6. The van der Waals surface area contributed by atoms with Gasteiger partial charge in [0.2, 0.25) is 0 Å². The number of benzene rings is 3. The van der Waals surface area contributed by atoms with Gasteiger partial charge in [-0.3, -0.25) is 4.79 Å². The van der Waals surface area contributed by atoms with Crippen molar-refractivity contribution in [1.82, 2.24) is 34.7 Å². The molecular weight excluding hydrogens is 536 g/mol. The Balaban J connectivity index is 1.41. The van der Waals surface area contributed by atoms with E-state index in [0.29, 0.717) is 39.8 Å². The normalized spacial score (nSPS) is 12.0. The molecule has 6 aromatic rings. The van der Waals surface area contributed by atoms with Crippen LogP contribution in [0.3, 0.4) is 0 Å². The summed E-state index contributed by atoms with van der Waals surface area (Å²) in [4.78, 5) is 21.4. The van der Waals surface area contributed by atoms with E-state index in [1.165, 1.54) is 41.3 Å². The van der Waals surface area contributed by atoms with Gasteiger partial charge in [-0.2, -0.15) is 4.68 Å². The van der Waals surface area contributed by atoms with E-state index in [1.807, 2.05) is 6.07 Å². The SMILES string of the molecule is O=c1cc(-c2cc(Cl)ccc2-n2cnnn2)ccn1[C@H](Cc1ccc(F)cc1)c1ncc(-c2ccc(F)cc2)[nH]1. The van der Waals surface area contributed by atoms with Crippen LogP contribution >= 0.6 is 11.6 Å². The first kappa shape index (κ1) is 25.3. The molecule has 3 aromatic carbocycles. The zero-order chi connectivity index (χ0) is 27.6. The summed E-state index contributed by atoms with van der Waals surface area (Å²) in [5.74, 6) is -0.166. The van der Waals surface area contributed by atoms with E-state index in [2.05, 4.69) is 25.5 Å². The molecule has 0 aliphatic heterocycles. The molecule has 0 spiro atoms. The minimum atomic E-state index is -0.542. The third-order valence-corrected chi connectivity index (χ3v) is 6.79. The smallest absolute Gasteiger partial charge is 0.251 e. The Morgan fingerprint density at radius 2 is 1.65 bits per heavy atom. The lowest BCUT2D eigenvalue weighted by Crippen LogP contribution is -2.27. The summed E-state index contributed by atoms with van der Waals surface area (Å²) < 4.78 is 30.1. The van der Waals surface area contributed by atoms with Gasteiger partial charge in [-0.15, -0.1) is 5.10 Å². The second-order valence-corrected chi connectivity index (χ2v) is 9.55. The molecule has 40 heavy (non-hydrogen) atoms. The number of H-pyrrole nitrogens is 1. The van der Waals surface area contributed by atoms with Crippen LogP contribution in [0.4, 0.5) is 8.78 Å². The second-order valence-electron chi connectivity index (χ2n) is 9.11. The van der Waals surface area contributed by atoms with Crippen LogP contribution in [-0.4, -0.2) is 34.7 Å². The molecule has 0 aliphatic carbocycles. The van der Waals surface area contributed by atoms with E-state index in [9.17, 15) is 13.6 Å². The average Bonchev–Trinajstić information content (AvgIpc) is 3.67. The van der Waals surface area contributed by atoms with Gasteiger partial charge in [0, 0.05) is 29.3 Å². The van der Waals surface area contributed by atoms with Crippen LogP contribution in [0.15, 0.2) is 102 Å². The summed E-state index contributed by atoms with van der Waals surface area (Å²) in [5.41, 5.74) is 3.92. The molecule has 0 aliphatic rings. The molecule has 0 fully saturated rings. The lowest BCUT2D eigenvalue weighted by atomic mass is 10.0. The van der Waals surface area contributed by atoms with Gasteiger partial charge in [-0.1, -0.05) is 23.7 Å². The molecule has 0 amide bonds. The quantitative estimate of drug-likeness (QED) is 0.275. The number of hydrogen-bond acceptors (Lipinski definition) is 5. The maximum atomic E-state index is 13.6. The fraction of sp³-hybridized carbons (Fsp3) is 0.0690. The molecule has 3 aromatic heterocycles. The summed E-state index contributed by atoms with van der Waals surface area (Å²) in [5, 5.41) is 11.9. The zero-order valence-corrected chi connectivity index (χ0v) is 21.5. The van der Waals surface area contributed by atoms with Crippen LogP contribution in [0.25, 0.3) is 28.1 Å². The van der Waals surface area contributed by atoms with Gasteiger partial charge in [0.05, 0.1) is 23.6 Å². The Kier molecular flexibility index (Phi) is 6.75. The Morgan fingerprint density at radius 1 is 0.900 bits per heavy atom. The topological polar surface area (TPSA) is 94.3 Å². The van der Waals surface area contributed by atoms with E-state index in [4.69, 9.17) is 11.6 Å². The van der Waals surface area contributed by atoms with Gasteiger partial charge in [0.1, 0.15) is 23.8 Å². The van der Waals surface area contributed by atoms with Crippen molar-refractivity contribution in [2.75, 3.05) is 0 Å². The summed E-state index contributed by atoms with van der Waals surface area (Å²) in [6.45, 7) is 0. The molecular formula is C29H20ClF2N7O. The van der Waals surface area contributed by atoms with Crippen molar-refractivity contribution >= 4 is 11.6 Å². The second kappa shape index (κ2) is 10.7. The van der Waals surface area contributed by atoms with Crippen molar-refractivity contribution in [2.24, 2.45) is 0 Å². The van der Waals surface area contributed by atoms with Crippen molar-refractivity contribution < 1.29 is 8.78 Å². The highest BCUT2D eigenvalue weighted by Crippen LogP contribution is 2.30. The van der Waals surface area contributed by atoms with E-state index in [-0.39, 0.29) is 17.2 Å². The number of halogens is 3. The fourth-order valence-corrected chi connectivity index (χ4v) is 4.75. The molecule has 8 nitrogen and oxygen atoms in total. The van der Waals surface area contributed by atoms with Crippen LogP contribution in [0.2, 0.25) is 5.02 Å². The number of hydrogen-bond donors (Lipinski definition) is 1. The summed E-state index contributed by atoms with van der Waals surface area (Å²) >= 11 is 6.29. The molecule has 6 rings (SSSR count). The number of nitrogens with zero attached hydrogens (tertiary/aromatic N) is 6. The highest BCUT2D eigenvalue weighted by atomic mass is 35.5. The van der Waals surface area contributed by atoms with Gasteiger partial charge in [-0.25, -0.2) is 13.8 Å². The highest BCUT2D eigenvalue weighted by Gasteiger charge is 2.21. The number of aromatic amines is 1. The third-order valence-electron chi connectivity index (χ3n) is 6.56. The standard InChI is InChI=1S/C29H20ClF2N7O/c30-21-5-10-26(39-17-34-36-37-39)24(15-21)20-11-12-38(28(40)14-20)27(13-18-1-6-22(31)7-2-18)29-33-16-25(35-29)19-3-8-23(32)9-4-19/h1-12,14-17,27H,13H2,(H,33,35)/t27-/m1/s1. The Bertz CT molecular complexity index is 1830. The summed E-state index contributed by atoms with van der Waals surface area (Å²) in [7, 11) is 0. The molecule has 11 heteroatoms. The average molecular weight is 556 g/mol. The van der Waals surface area contributed by atoms with Crippen LogP contribution in [0, 0.1) is 11.6 Å². The van der Waals surface area contributed by atoms with Gasteiger partial charge in [0.15, 0.2) is 0 Å². The first-order valence-electron chi connectivity index (χ1n) is 12.3. The molecule has 198 valence electrons. The minimum absolute atomic E-state index is 0.285. The maximum absolute atomic E-state index is 13.6. The Morgan fingerprint density at radius 3 is 2.35 bits per heavy atom. The number of pyridine rings is 1. The van der Waals surface area contributed by atoms with Crippen molar-refractivity contribution in [2.45, 2.75) is 12.5 Å². The molecule has 1 N–H and O–H groups in total. The fourth-order valence-electron chi connectivity index (χ4n) is 4.58. The number of rotatable bonds is 7. The summed E-state index contributed by atoms with van der Waals surface area (Å²) in [6.07, 6.45) is 5.16. The highest BCUT2D eigenvalue weighted by molar-refractivity contribution is 6.31. The van der Waals surface area contributed by atoms with Crippen LogP contribution in [0.1, 0.15) is 17.4 Å². The predicted octanol–water partition coefficient (Wildman–Crippen LogP) is 5.64. The Labute approximate surface area is 231 Å². The third kappa shape index (κ3) is 5.16. The van der Waals surface area contributed by atoms with Crippen LogP contribution in [0.5, 0.6) is 0 Å². The largest absolute Gasteiger partial charge is 0.340 e. The maximum Gasteiger partial charge on any atom is 0.251 e. The Hall–Kier alpha value is -4.96. The van der Waals surface area contributed by atoms with Crippen LogP contribution < -0.4 is 5.56 Å². The summed E-state index contributed by atoms with van der Waals surface area (Å²) in [6, 6.07) is 20.2. The molecule has 0 unspecified atom stereocenters. The number of nitrogens with one attached hydrogen (secondary N) is 1. The molecule has 0 saturated carbocycles. The first-order chi connectivity index (χ1) is 19.4. The monoisotopic (exact) mass is 555 g/mol. The van der Waals surface area contributed by atoms with Crippen molar-refractivity contribution in [1.29, 1.82) is 0 Å². The molecule has 1 atom stereocenters. The lowest BCUT2D eigenvalue weighted by molar-refractivity contribution is 0.536. The predicted molar refractivity (Wildman–Crippen MR) is 146 cm³/mol. The van der Waals surface area contributed by atoms with Gasteiger partial charge < -0.3 is 9.55 Å². The van der Waals surface area contributed by atoms with Gasteiger partial charge in [-0.05, 0) is 87.8 Å². The molecule has 3 heterocycles. The van der Waals surface area contributed by atoms with E-state index in [0.717, 1.165) is 11.1 Å². The van der Waals surface area contributed by atoms with Crippen LogP contribution in [-0.2, 0) is 6.42 Å². The number of aromatic nitrogens is 7. The van der Waals surface area contributed by atoms with Gasteiger partial charge >= 0.3 is 0 Å². The van der Waals surface area contributed by atoms with E-state index in [1.54, 1.807) is 59.4 Å². The van der Waals surface area contributed by atoms with Crippen molar-refractivity contribution in [3.8, 4) is 28.1 Å². The van der Waals surface area contributed by atoms with Gasteiger partial charge in [0.25, 0.3) is 5.56 Å². The number of imidazole rings is 1. The molecule has 0 radical (unpaired) electrons.